The molecule has 0 aliphatic carbocycles. The molecule has 2 aromatic heterocycles. The van der Waals surface area contributed by atoms with Gasteiger partial charge in [0.05, 0.1) is 33.7 Å². The van der Waals surface area contributed by atoms with Gasteiger partial charge in [-0.1, -0.05) is 188 Å². The van der Waals surface area contributed by atoms with Crippen LogP contribution in [0.25, 0.3) is 54.8 Å². The summed E-state index contributed by atoms with van der Waals surface area (Å²) in [5.41, 5.74) is 2.20. The number of halogens is 3. The Bertz CT molecular complexity index is 4630. The van der Waals surface area contributed by atoms with Crippen LogP contribution in [0.2, 0.25) is 0 Å². The van der Waals surface area contributed by atoms with Crippen molar-refractivity contribution in [3.8, 4) is 22.3 Å². The number of fused-ring (bicyclic) bond motifs is 3. The van der Waals surface area contributed by atoms with Crippen molar-refractivity contribution in [3.63, 3.8) is 0 Å². The lowest BCUT2D eigenvalue weighted by Crippen LogP contribution is -2.35. The normalized spacial score (nSPS) is 13.8. The molecule has 0 saturated heterocycles. The fourth-order valence-corrected chi connectivity index (χ4v) is 14.7. The molecule has 9 aromatic carbocycles. The first kappa shape index (κ1) is 59.6. The molecule has 0 saturated carbocycles. The third-order valence-electron chi connectivity index (χ3n) is 16.3. The quantitative estimate of drug-likeness (QED) is 0.0669. The highest BCUT2D eigenvalue weighted by Crippen LogP contribution is 2.41. The molecule has 87 heavy (non-hydrogen) atoms. The maximum absolute atomic E-state index is 15.3. The van der Waals surface area contributed by atoms with Gasteiger partial charge in [0.25, 0.3) is 0 Å². The molecule has 11 rings (SSSR count). The SMILES string of the molecule is Cc1ccc2ccccc2c1S(=O)(=O)N(Cc1ccc(-c2cccc(C(C)(Cc3cc(CN(Cc4ccc(-c5cccc(C(C)(C)C(=O)O)c5)cc4)S(=N)(=O)c4cccc5ccccc45)oc3C(F)(F)F)C(=O)O)c2)cc1)Cc1cc2ccccc2o1. The molecule has 2 atom stereocenters. The average Bonchev–Trinajstić information content (AvgIpc) is 1.81. The van der Waals surface area contributed by atoms with Gasteiger partial charge in [-0.25, -0.2) is 21.7 Å². The lowest BCUT2D eigenvalue weighted by atomic mass is 9.76. The highest BCUT2D eigenvalue weighted by atomic mass is 32.2. The predicted molar refractivity (Wildman–Crippen MR) is 330 cm³/mol. The molecular formula is C70H60F3N3O9S2. The van der Waals surface area contributed by atoms with Gasteiger partial charge in [-0.05, 0) is 119 Å². The number of nitrogens with zero attached hydrogens (tertiary/aromatic N) is 2. The highest BCUT2D eigenvalue weighted by Gasteiger charge is 2.44. The molecule has 11 aromatic rings. The van der Waals surface area contributed by atoms with Crippen molar-refractivity contribution < 1.29 is 54.4 Å². The van der Waals surface area contributed by atoms with Crippen LogP contribution >= 0.6 is 0 Å². The van der Waals surface area contributed by atoms with Gasteiger partial charge in [0.15, 0.2) is 0 Å². The van der Waals surface area contributed by atoms with E-state index in [1.54, 1.807) is 166 Å². The fraction of sp³-hybridized carbons (Fsp3) is 0.171. The number of carbonyl (C=O) groups is 2. The third kappa shape index (κ3) is 12.0. The van der Waals surface area contributed by atoms with Gasteiger partial charge in [0.1, 0.15) is 27.0 Å². The maximum atomic E-state index is 15.3. The fourth-order valence-electron chi connectivity index (χ4n) is 11.2. The van der Waals surface area contributed by atoms with E-state index in [9.17, 15) is 33.0 Å². The molecule has 0 fully saturated rings. The zero-order valence-electron chi connectivity index (χ0n) is 47.8. The van der Waals surface area contributed by atoms with Crippen LogP contribution in [0.1, 0.15) is 71.4 Å². The molecular weight excluding hydrogens is 1150 g/mol. The Kier molecular flexibility index (Phi) is 15.9. The molecule has 12 nitrogen and oxygen atoms in total. The van der Waals surface area contributed by atoms with Gasteiger partial charge in [0, 0.05) is 34.8 Å². The van der Waals surface area contributed by atoms with Gasteiger partial charge in [-0.15, -0.1) is 0 Å². The molecule has 0 bridgehead atoms. The number of furan rings is 2. The molecule has 17 heteroatoms. The van der Waals surface area contributed by atoms with E-state index in [1.807, 2.05) is 54.6 Å². The molecule has 2 heterocycles. The van der Waals surface area contributed by atoms with Crippen molar-refractivity contribution in [3.05, 3.63) is 263 Å². The monoisotopic (exact) mass is 1210 g/mol. The van der Waals surface area contributed by atoms with Gasteiger partial charge in [-0.2, -0.15) is 17.5 Å². The summed E-state index contributed by atoms with van der Waals surface area (Å²) in [5.74, 6) is -3.68. The summed E-state index contributed by atoms with van der Waals surface area (Å²) < 4.78 is 115. The number of rotatable bonds is 20. The molecule has 442 valence electrons. The Morgan fingerprint density at radius 2 is 1.03 bits per heavy atom. The van der Waals surface area contributed by atoms with Crippen LogP contribution in [0.3, 0.4) is 0 Å². The van der Waals surface area contributed by atoms with Crippen LogP contribution in [0.15, 0.2) is 231 Å². The second-order valence-corrected chi connectivity index (χ2v) is 26.5. The molecule has 3 N–H and O–H groups in total. The first-order chi connectivity index (χ1) is 41.4. The Hall–Kier alpha value is -9.13. The summed E-state index contributed by atoms with van der Waals surface area (Å²) in [6.45, 7) is 5.46. The zero-order valence-corrected chi connectivity index (χ0v) is 49.5. The van der Waals surface area contributed by atoms with E-state index >= 15 is 17.4 Å². The number of sulfonamides is 1. The summed E-state index contributed by atoms with van der Waals surface area (Å²) >= 11 is 0. The van der Waals surface area contributed by atoms with Crippen LogP contribution < -0.4 is 0 Å². The number of para-hydroxylation sites is 1. The molecule has 0 radical (unpaired) electrons. The first-order valence-electron chi connectivity index (χ1n) is 27.9. The van der Waals surface area contributed by atoms with E-state index in [0.29, 0.717) is 60.9 Å². The van der Waals surface area contributed by atoms with Gasteiger partial charge >= 0.3 is 18.1 Å². The average molecular weight is 1210 g/mol. The Balaban J connectivity index is 0.889. The van der Waals surface area contributed by atoms with Crippen LogP contribution in [0, 0.1) is 11.7 Å². The Labute approximate surface area is 501 Å². The van der Waals surface area contributed by atoms with Gasteiger partial charge in [0.2, 0.25) is 15.8 Å². The van der Waals surface area contributed by atoms with E-state index in [0.717, 1.165) is 28.0 Å². The number of alkyl halides is 3. The Morgan fingerprint density at radius 1 is 0.517 bits per heavy atom. The maximum Gasteiger partial charge on any atom is 0.449 e. The van der Waals surface area contributed by atoms with E-state index in [4.69, 9.17) is 8.83 Å². The minimum absolute atomic E-state index is 0.0480. The van der Waals surface area contributed by atoms with E-state index in [-0.39, 0.29) is 40.7 Å². The number of hydrogen-bond acceptors (Lipinski definition) is 8. The molecule has 0 aliphatic heterocycles. The van der Waals surface area contributed by atoms with Crippen LogP contribution in [-0.2, 0) is 79.1 Å². The first-order valence-corrected chi connectivity index (χ1v) is 30.9. The Morgan fingerprint density at radius 3 is 1.64 bits per heavy atom. The van der Waals surface area contributed by atoms with Gasteiger partial charge < -0.3 is 19.0 Å². The third-order valence-corrected chi connectivity index (χ3v) is 20.2. The summed E-state index contributed by atoms with van der Waals surface area (Å²) in [6, 6.07) is 61.2. The van der Waals surface area contributed by atoms with Crippen molar-refractivity contribution in [1.29, 1.82) is 4.78 Å². The number of benzene rings is 9. The van der Waals surface area contributed by atoms with Crippen molar-refractivity contribution in [2.24, 2.45) is 0 Å². The molecule has 2 unspecified atom stereocenters. The number of carboxylic acid groups (broad SMARTS) is 2. The summed E-state index contributed by atoms with van der Waals surface area (Å²) in [6.07, 6.45) is -5.78. The minimum Gasteiger partial charge on any atom is -0.481 e. The number of aryl methyl sites for hydroxylation is 1. The second-order valence-electron chi connectivity index (χ2n) is 22.6. The lowest BCUT2D eigenvalue weighted by molar-refractivity contribution is -0.155. The minimum atomic E-state index is -5.10. The largest absolute Gasteiger partial charge is 0.481 e. The number of nitrogens with one attached hydrogen (secondary N) is 1. The zero-order chi connectivity index (χ0) is 61.6. The van der Waals surface area contributed by atoms with Crippen molar-refractivity contribution in [2.45, 2.75) is 87.1 Å². The summed E-state index contributed by atoms with van der Waals surface area (Å²) in [4.78, 5) is 26.0. The topological polar surface area (TPSA) is 182 Å². The standard InChI is InChI=1S/C70H60F3N3O9S2/c1-45-26-31-51-15-6-9-23-61(51)64(45)87(82,83)76(44-58-38-54-16-7-10-24-62(54)84-58)42-47-29-34-49(35-30-47)53-19-12-21-57(37-53)69(4,67(79)80)40-55-39-59(85-65(55)70(71,72)73)43-75(86(74,81)63-25-13-17-50-14-5-8-22-60(50)63)41-46-27-32-48(33-28-46)52-18-11-20-56(36-52)68(2,3)66(77)78/h5-39,74H,40-44H2,1-4H3,(H,77,78)(H,79,80). The molecule has 0 aliphatic rings. The van der Waals surface area contributed by atoms with Crippen LogP contribution in [0.5, 0.6) is 0 Å². The van der Waals surface area contributed by atoms with E-state index < -0.39 is 73.2 Å². The van der Waals surface area contributed by atoms with Gasteiger partial charge in [-0.3, -0.25) is 9.59 Å². The van der Waals surface area contributed by atoms with Crippen molar-refractivity contribution in [2.75, 3.05) is 0 Å². The van der Waals surface area contributed by atoms with Crippen molar-refractivity contribution in [1.82, 2.24) is 8.61 Å². The second kappa shape index (κ2) is 23.3. The summed E-state index contributed by atoms with van der Waals surface area (Å²) in [7, 11) is -8.20. The van der Waals surface area contributed by atoms with E-state index in [2.05, 4.69) is 0 Å². The summed E-state index contributed by atoms with van der Waals surface area (Å²) in [5, 5.41) is 24.3. The van der Waals surface area contributed by atoms with Crippen LogP contribution in [0.4, 0.5) is 13.2 Å². The highest BCUT2D eigenvalue weighted by molar-refractivity contribution is 7.90. The predicted octanol–water partition coefficient (Wildman–Crippen LogP) is 16.4. The number of hydrogen-bond donors (Lipinski definition) is 3. The number of carboxylic acids is 2. The number of aliphatic carboxylic acids is 2. The van der Waals surface area contributed by atoms with Crippen LogP contribution in [-0.4, -0.2) is 43.4 Å². The molecule has 0 spiro atoms. The smallest absolute Gasteiger partial charge is 0.449 e. The lowest BCUT2D eigenvalue weighted by Gasteiger charge is -2.26. The molecule has 0 amide bonds. The van der Waals surface area contributed by atoms with E-state index in [1.165, 1.54) is 21.6 Å². The van der Waals surface area contributed by atoms with Crippen molar-refractivity contribution >= 4 is 64.4 Å².